The molecule has 0 bridgehead atoms. The van der Waals surface area contributed by atoms with Crippen LogP contribution in [0.5, 0.6) is 11.5 Å². The Morgan fingerprint density at radius 3 is 2.50 bits per heavy atom. The largest absolute Gasteiger partial charge is 0.493 e. The summed E-state index contributed by atoms with van der Waals surface area (Å²) in [5.74, 6) is 1.58. The lowest BCUT2D eigenvalue weighted by Crippen LogP contribution is -2.91. The van der Waals surface area contributed by atoms with Gasteiger partial charge in [0.15, 0.2) is 11.5 Å². The summed E-state index contributed by atoms with van der Waals surface area (Å²) in [7, 11) is 5.16. The van der Waals surface area contributed by atoms with Gasteiger partial charge in [-0.3, -0.25) is 0 Å². The van der Waals surface area contributed by atoms with E-state index in [1.54, 1.807) is 14.2 Å². The molecule has 1 aromatic carbocycles. The van der Waals surface area contributed by atoms with Crippen LogP contribution >= 0.6 is 0 Å². The summed E-state index contributed by atoms with van der Waals surface area (Å²) in [5, 5.41) is 2.40. The van der Waals surface area contributed by atoms with Crippen LogP contribution in [0.3, 0.4) is 0 Å². The van der Waals surface area contributed by atoms with Gasteiger partial charge in [0.25, 0.3) is 0 Å². The number of ether oxygens (including phenoxy) is 3. The van der Waals surface area contributed by atoms with E-state index in [9.17, 15) is 0 Å². The molecule has 1 saturated carbocycles. The van der Waals surface area contributed by atoms with Crippen LogP contribution < -0.4 is 14.8 Å². The van der Waals surface area contributed by atoms with Crippen molar-refractivity contribution in [3.63, 3.8) is 0 Å². The van der Waals surface area contributed by atoms with Gasteiger partial charge in [0.2, 0.25) is 0 Å². The van der Waals surface area contributed by atoms with Crippen molar-refractivity contribution in [3.8, 4) is 11.5 Å². The predicted octanol–water partition coefficient (Wildman–Crippen LogP) is 1.72. The summed E-state index contributed by atoms with van der Waals surface area (Å²) >= 11 is 0. The van der Waals surface area contributed by atoms with Gasteiger partial charge in [0.1, 0.15) is 18.7 Å². The molecule has 0 unspecified atom stereocenters. The van der Waals surface area contributed by atoms with E-state index in [0.29, 0.717) is 12.1 Å². The lowest BCUT2D eigenvalue weighted by atomic mass is 9.92. The van der Waals surface area contributed by atoms with Crippen LogP contribution in [-0.2, 0) is 11.3 Å². The van der Waals surface area contributed by atoms with Gasteiger partial charge in [-0.1, -0.05) is 6.42 Å². The van der Waals surface area contributed by atoms with E-state index in [1.165, 1.54) is 31.2 Å². The summed E-state index contributed by atoms with van der Waals surface area (Å²) < 4.78 is 16.2. The van der Waals surface area contributed by atoms with Crippen molar-refractivity contribution < 1.29 is 19.5 Å². The number of benzene rings is 1. The monoisotopic (exact) mass is 280 g/mol. The van der Waals surface area contributed by atoms with Gasteiger partial charge in [-0.05, 0) is 31.0 Å². The molecule has 0 aliphatic heterocycles. The predicted molar refractivity (Wildman–Crippen MR) is 78.2 cm³/mol. The number of rotatable bonds is 6. The van der Waals surface area contributed by atoms with E-state index in [0.717, 1.165) is 18.0 Å². The molecule has 1 aromatic rings. The second-order valence-corrected chi connectivity index (χ2v) is 5.35. The van der Waals surface area contributed by atoms with Gasteiger partial charge in [-0.25, -0.2) is 0 Å². The second-order valence-electron chi connectivity index (χ2n) is 5.35. The standard InChI is InChI=1S/C16H25NO3/c1-18-14-7-5-4-6-13(14)17-11-12-8-9-15(19-2)16(10-12)20-3/h8-10,13-14,17H,4-7,11H2,1-3H3/p+1/t13-,14-/m0/s1. The molecule has 2 atom stereocenters. The first-order valence-corrected chi connectivity index (χ1v) is 7.35. The van der Waals surface area contributed by atoms with Crippen molar-refractivity contribution >= 4 is 0 Å². The SMILES string of the molecule is COc1ccc(C[NH2+][C@H]2CCCC[C@@H]2OC)cc1OC. The Hall–Kier alpha value is -1.26. The third-order valence-corrected chi connectivity index (χ3v) is 4.16. The van der Waals surface area contributed by atoms with Crippen molar-refractivity contribution in [2.45, 2.75) is 44.4 Å². The Bertz CT molecular complexity index is 422. The van der Waals surface area contributed by atoms with Crippen LogP contribution in [0.2, 0.25) is 0 Å². The zero-order chi connectivity index (χ0) is 14.4. The first-order chi connectivity index (χ1) is 9.78. The normalized spacial score (nSPS) is 22.6. The highest BCUT2D eigenvalue weighted by atomic mass is 16.5. The molecule has 20 heavy (non-hydrogen) atoms. The molecule has 2 N–H and O–H groups in total. The Morgan fingerprint density at radius 1 is 1.05 bits per heavy atom. The van der Waals surface area contributed by atoms with Gasteiger partial charge in [0.05, 0.1) is 14.2 Å². The molecule has 1 fully saturated rings. The van der Waals surface area contributed by atoms with Crippen LogP contribution in [-0.4, -0.2) is 33.5 Å². The fourth-order valence-electron chi connectivity index (χ4n) is 2.98. The molecule has 0 saturated heterocycles. The summed E-state index contributed by atoms with van der Waals surface area (Å²) in [6.07, 6.45) is 5.42. The summed E-state index contributed by atoms with van der Waals surface area (Å²) in [6.45, 7) is 0.949. The van der Waals surface area contributed by atoms with Gasteiger partial charge in [0, 0.05) is 19.1 Å². The van der Waals surface area contributed by atoms with Crippen LogP contribution in [0.4, 0.5) is 0 Å². The van der Waals surface area contributed by atoms with E-state index < -0.39 is 0 Å². The molecule has 1 aliphatic rings. The highest BCUT2D eigenvalue weighted by Gasteiger charge is 2.27. The van der Waals surface area contributed by atoms with E-state index in [4.69, 9.17) is 14.2 Å². The van der Waals surface area contributed by atoms with Gasteiger partial charge in [-0.2, -0.15) is 0 Å². The minimum absolute atomic E-state index is 0.392. The quantitative estimate of drug-likeness (QED) is 0.863. The van der Waals surface area contributed by atoms with Crippen molar-refractivity contribution in [2.24, 2.45) is 0 Å². The van der Waals surface area contributed by atoms with Crippen LogP contribution in [0.15, 0.2) is 18.2 Å². The van der Waals surface area contributed by atoms with Crippen molar-refractivity contribution in [2.75, 3.05) is 21.3 Å². The topological polar surface area (TPSA) is 44.3 Å². The number of nitrogens with two attached hydrogens (primary N) is 1. The third kappa shape index (κ3) is 3.64. The van der Waals surface area contributed by atoms with Gasteiger partial charge < -0.3 is 19.5 Å². The minimum atomic E-state index is 0.392. The zero-order valence-corrected chi connectivity index (χ0v) is 12.7. The molecule has 112 valence electrons. The molecule has 1 aliphatic carbocycles. The fraction of sp³-hybridized carbons (Fsp3) is 0.625. The Balaban J connectivity index is 1.96. The van der Waals surface area contributed by atoms with E-state index in [-0.39, 0.29) is 0 Å². The van der Waals surface area contributed by atoms with E-state index >= 15 is 0 Å². The second kappa shape index (κ2) is 7.50. The maximum Gasteiger partial charge on any atom is 0.161 e. The molecule has 4 nitrogen and oxygen atoms in total. The Morgan fingerprint density at radius 2 is 1.80 bits per heavy atom. The molecule has 0 amide bonds. The lowest BCUT2D eigenvalue weighted by Gasteiger charge is -2.28. The summed E-state index contributed by atoms with van der Waals surface area (Å²) in [5.41, 5.74) is 1.25. The number of methoxy groups -OCH3 is 3. The van der Waals surface area contributed by atoms with E-state index in [1.807, 2.05) is 13.2 Å². The molecule has 0 radical (unpaired) electrons. The van der Waals surface area contributed by atoms with Crippen LogP contribution in [0, 0.1) is 0 Å². The maximum absolute atomic E-state index is 5.60. The average Bonchev–Trinajstić information content (AvgIpc) is 2.52. The van der Waals surface area contributed by atoms with Crippen LogP contribution in [0.1, 0.15) is 31.2 Å². The van der Waals surface area contributed by atoms with E-state index in [2.05, 4.69) is 17.4 Å². The molecular formula is C16H26NO3+. The molecule has 2 rings (SSSR count). The number of hydrogen-bond donors (Lipinski definition) is 1. The van der Waals surface area contributed by atoms with Gasteiger partial charge >= 0.3 is 0 Å². The number of quaternary nitrogens is 1. The highest BCUT2D eigenvalue weighted by molar-refractivity contribution is 5.42. The Labute approximate surface area is 121 Å². The first kappa shape index (κ1) is 15.1. The Kier molecular flexibility index (Phi) is 5.68. The maximum atomic E-state index is 5.60. The van der Waals surface area contributed by atoms with Crippen LogP contribution in [0.25, 0.3) is 0 Å². The first-order valence-electron chi connectivity index (χ1n) is 7.35. The van der Waals surface area contributed by atoms with Crippen molar-refractivity contribution in [1.29, 1.82) is 0 Å². The third-order valence-electron chi connectivity index (χ3n) is 4.16. The molecule has 4 heteroatoms. The van der Waals surface area contributed by atoms with Crippen molar-refractivity contribution in [3.05, 3.63) is 23.8 Å². The van der Waals surface area contributed by atoms with Crippen molar-refractivity contribution in [1.82, 2.24) is 0 Å². The molecular weight excluding hydrogens is 254 g/mol. The molecule has 0 spiro atoms. The summed E-state index contributed by atoms with van der Waals surface area (Å²) in [6, 6.07) is 6.70. The highest BCUT2D eigenvalue weighted by Crippen LogP contribution is 2.27. The zero-order valence-electron chi connectivity index (χ0n) is 12.7. The van der Waals surface area contributed by atoms with Gasteiger partial charge in [-0.15, -0.1) is 0 Å². The summed E-state index contributed by atoms with van der Waals surface area (Å²) in [4.78, 5) is 0. The number of hydrogen-bond acceptors (Lipinski definition) is 3. The average molecular weight is 280 g/mol. The smallest absolute Gasteiger partial charge is 0.161 e. The molecule has 0 aromatic heterocycles. The minimum Gasteiger partial charge on any atom is -0.493 e. The lowest BCUT2D eigenvalue weighted by molar-refractivity contribution is -0.713. The fourth-order valence-corrected chi connectivity index (χ4v) is 2.98. The molecule has 0 heterocycles.